The van der Waals surface area contributed by atoms with E-state index in [1.165, 1.54) is 6.92 Å². The maximum absolute atomic E-state index is 13.1. The second-order valence-electron chi connectivity index (χ2n) is 4.97. The molecule has 0 bridgehead atoms. The van der Waals surface area contributed by atoms with Crippen LogP contribution in [0.25, 0.3) is 0 Å². The van der Waals surface area contributed by atoms with Gasteiger partial charge < -0.3 is 10.8 Å². The van der Waals surface area contributed by atoms with Gasteiger partial charge in [0.1, 0.15) is 0 Å². The first-order valence-corrected chi connectivity index (χ1v) is 5.82. The van der Waals surface area contributed by atoms with Crippen LogP contribution in [-0.2, 0) is 5.54 Å². The van der Waals surface area contributed by atoms with Crippen molar-refractivity contribution in [3.8, 4) is 0 Å². The lowest BCUT2D eigenvalue weighted by Crippen LogP contribution is -2.61. The van der Waals surface area contributed by atoms with Crippen LogP contribution in [0.5, 0.6) is 0 Å². The summed E-state index contributed by atoms with van der Waals surface area (Å²) in [5.41, 5.74) is 3.20. The molecule has 0 aromatic heterocycles. The lowest BCUT2D eigenvalue weighted by atomic mass is 9.86. The predicted octanol–water partition coefficient (Wildman–Crippen LogP) is 1.44. The molecule has 0 saturated carbocycles. The number of primary amides is 1. The highest BCUT2D eigenvalue weighted by atomic mass is 19.4. The summed E-state index contributed by atoms with van der Waals surface area (Å²) < 4.78 is 39.2. The molecule has 1 aliphatic rings. The number of hydrogen-bond acceptors (Lipinski definition) is 3. The Morgan fingerprint density at radius 1 is 1.40 bits per heavy atom. The van der Waals surface area contributed by atoms with E-state index in [1.54, 1.807) is 30.3 Å². The number of carbonyl (C=O) groups is 1. The maximum atomic E-state index is 13.1. The normalized spacial score (nSPS) is 30.6. The predicted molar refractivity (Wildman–Crippen MR) is 64.0 cm³/mol. The van der Waals surface area contributed by atoms with Gasteiger partial charge >= 0.3 is 12.2 Å². The molecule has 110 valence electrons. The standard InChI is InChI=1S/C12H14F3N3O2/c1-10(8-5-3-2-4-6-8)7-11(20,12(13,14)15)18(17-10)9(16)19/h2-6,17,20H,7H2,1H3,(H2,16,19)/t10-,11-/m1/s1. The molecule has 0 unspecified atom stereocenters. The van der Waals surface area contributed by atoms with Crippen molar-refractivity contribution in [1.29, 1.82) is 0 Å². The zero-order chi connectivity index (χ0) is 15.2. The first-order chi connectivity index (χ1) is 9.10. The Kier molecular flexibility index (Phi) is 3.18. The quantitative estimate of drug-likeness (QED) is 0.732. The summed E-state index contributed by atoms with van der Waals surface area (Å²) in [6, 6.07) is 6.83. The fourth-order valence-electron chi connectivity index (χ4n) is 2.39. The largest absolute Gasteiger partial charge is 0.438 e. The summed E-state index contributed by atoms with van der Waals surface area (Å²) >= 11 is 0. The summed E-state index contributed by atoms with van der Waals surface area (Å²) in [6.45, 7) is 1.46. The number of hydrazine groups is 1. The number of alkyl halides is 3. The SMILES string of the molecule is C[C@]1(c2ccccc2)C[C@@](O)(C(F)(F)F)N(C(N)=O)N1. The third-order valence-corrected chi connectivity index (χ3v) is 3.41. The Labute approximate surface area is 113 Å². The molecule has 1 aromatic rings. The van der Waals surface area contributed by atoms with Crippen molar-refractivity contribution in [3.05, 3.63) is 35.9 Å². The van der Waals surface area contributed by atoms with Crippen LogP contribution in [0.2, 0.25) is 0 Å². The van der Waals surface area contributed by atoms with Crippen LogP contribution >= 0.6 is 0 Å². The van der Waals surface area contributed by atoms with Crippen LogP contribution in [0.3, 0.4) is 0 Å². The lowest BCUT2D eigenvalue weighted by Gasteiger charge is -2.32. The Hall–Kier alpha value is -1.80. The van der Waals surface area contributed by atoms with Crippen LogP contribution in [0.4, 0.5) is 18.0 Å². The lowest BCUT2D eigenvalue weighted by molar-refractivity contribution is -0.299. The molecule has 0 spiro atoms. The molecule has 2 amide bonds. The molecule has 1 saturated heterocycles. The second-order valence-corrected chi connectivity index (χ2v) is 4.97. The Balaban J connectivity index is 2.46. The van der Waals surface area contributed by atoms with E-state index in [0.29, 0.717) is 5.56 Å². The molecule has 0 radical (unpaired) electrons. The van der Waals surface area contributed by atoms with E-state index in [0.717, 1.165) is 0 Å². The zero-order valence-electron chi connectivity index (χ0n) is 10.6. The van der Waals surface area contributed by atoms with Crippen LogP contribution in [0, 0.1) is 0 Å². The van der Waals surface area contributed by atoms with Gasteiger partial charge in [-0.05, 0) is 12.5 Å². The molecular weight excluding hydrogens is 275 g/mol. The number of nitrogens with one attached hydrogen (secondary N) is 1. The number of hydrogen-bond donors (Lipinski definition) is 3. The molecule has 5 nitrogen and oxygen atoms in total. The Morgan fingerprint density at radius 3 is 2.35 bits per heavy atom. The summed E-state index contributed by atoms with van der Waals surface area (Å²) in [6.07, 6.45) is -5.78. The molecule has 8 heteroatoms. The molecule has 20 heavy (non-hydrogen) atoms. The molecule has 0 aliphatic carbocycles. The summed E-state index contributed by atoms with van der Waals surface area (Å²) in [4.78, 5) is 11.2. The van der Waals surface area contributed by atoms with Crippen molar-refractivity contribution in [2.45, 2.75) is 30.8 Å². The van der Waals surface area contributed by atoms with Gasteiger partial charge in [0.15, 0.2) is 0 Å². The highest BCUT2D eigenvalue weighted by Crippen LogP contribution is 2.46. The average Bonchev–Trinajstić information content (AvgIpc) is 2.65. The first kappa shape index (κ1) is 14.6. The Morgan fingerprint density at radius 2 is 1.95 bits per heavy atom. The van der Waals surface area contributed by atoms with E-state index in [1.807, 2.05) is 0 Å². The number of nitrogens with zero attached hydrogens (tertiary/aromatic N) is 1. The fraction of sp³-hybridized carbons (Fsp3) is 0.417. The van der Waals surface area contributed by atoms with Crippen LogP contribution in [0.1, 0.15) is 18.9 Å². The minimum absolute atomic E-state index is 0.0417. The van der Waals surface area contributed by atoms with Gasteiger partial charge in [0.2, 0.25) is 0 Å². The zero-order valence-corrected chi connectivity index (χ0v) is 10.6. The molecule has 1 heterocycles. The van der Waals surface area contributed by atoms with Crippen molar-refractivity contribution >= 4 is 6.03 Å². The number of benzene rings is 1. The number of amides is 2. The maximum Gasteiger partial charge on any atom is 0.438 e. The third-order valence-electron chi connectivity index (χ3n) is 3.41. The van der Waals surface area contributed by atoms with Crippen molar-refractivity contribution in [2.75, 3.05) is 0 Å². The number of nitrogens with two attached hydrogens (primary N) is 1. The molecule has 1 aromatic carbocycles. The smallest absolute Gasteiger partial charge is 0.362 e. The van der Waals surface area contributed by atoms with Gasteiger partial charge in [0, 0.05) is 6.42 Å². The first-order valence-electron chi connectivity index (χ1n) is 5.82. The highest BCUT2D eigenvalue weighted by Gasteiger charge is 2.67. The summed E-state index contributed by atoms with van der Waals surface area (Å²) in [7, 11) is 0. The number of rotatable bonds is 1. The van der Waals surface area contributed by atoms with E-state index >= 15 is 0 Å². The molecular formula is C12H14F3N3O2. The topological polar surface area (TPSA) is 78.6 Å². The third kappa shape index (κ3) is 2.10. The second kappa shape index (κ2) is 4.35. The highest BCUT2D eigenvalue weighted by molar-refractivity contribution is 5.73. The van der Waals surface area contributed by atoms with Gasteiger partial charge in [0.05, 0.1) is 5.54 Å². The number of urea groups is 1. The molecule has 2 atom stereocenters. The van der Waals surface area contributed by atoms with Gasteiger partial charge in [-0.3, -0.25) is 0 Å². The van der Waals surface area contributed by atoms with E-state index in [2.05, 4.69) is 5.43 Å². The van der Waals surface area contributed by atoms with Gasteiger partial charge in [-0.1, -0.05) is 30.3 Å². The van der Waals surface area contributed by atoms with Crippen LogP contribution in [-0.4, -0.2) is 28.0 Å². The number of halogens is 3. The van der Waals surface area contributed by atoms with E-state index in [-0.39, 0.29) is 5.01 Å². The Bertz CT molecular complexity index is 522. The van der Waals surface area contributed by atoms with Gasteiger partial charge in [0.25, 0.3) is 5.72 Å². The molecule has 1 aliphatic heterocycles. The van der Waals surface area contributed by atoms with E-state index in [4.69, 9.17) is 5.73 Å². The molecule has 2 rings (SSSR count). The minimum atomic E-state index is -5.03. The monoisotopic (exact) mass is 289 g/mol. The molecule has 1 fully saturated rings. The average molecular weight is 289 g/mol. The van der Waals surface area contributed by atoms with Crippen molar-refractivity contribution in [2.24, 2.45) is 5.73 Å². The van der Waals surface area contributed by atoms with Crippen LogP contribution < -0.4 is 11.2 Å². The van der Waals surface area contributed by atoms with E-state index < -0.39 is 29.9 Å². The fourth-order valence-corrected chi connectivity index (χ4v) is 2.39. The van der Waals surface area contributed by atoms with Gasteiger partial charge in [-0.2, -0.15) is 13.2 Å². The van der Waals surface area contributed by atoms with Gasteiger partial charge in [-0.15, -0.1) is 0 Å². The minimum Gasteiger partial charge on any atom is -0.362 e. The number of aliphatic hydroxyl groups is 1. The summed E-state index contributed by atoms with van der Waals surface area (Å²) in [5, 5.41) is 9.93. The van der Waals surface area contributed by atoms with Gasteiger partial charge in [-0.25, -0.2) is 15.2 Å². The van der Waals surface area contributed by atoms with Crippen molar-refractivity contribution in [3.63, 3.8) is 0 Å². The molecule has 4 N–H and O–H groups in total. The van der Waals surface area contributed by atoms with E-state index in [9.17, 15) is 23.1 Å². The van der Waals surface area contributed by atoms with Crippen molar-refractivity contribution in [1.82, 2.24) is 10.4 Å². The summed E-state index contributed by atoms with van der Waals surface area (Å²) in [5.74, 6) is 0. The number of carbonyl (C=O) groups excluding carboxylic acids is 1. The van der Waals surface area contributed by atoms with Crippen LogP contribution in [0.15, 0.2) is 30.3 Å². The van der Waals surface area contributed by atoms with Crippen molar-refractivity contribution < 1.29 is 23.1 Å².